The van der Waals surface area contributed by atoms with Crippen LogP contribution in [0.1, 0.15) is 16.8 Å². The molecule has 1 N–H and O–H groups in total. The van der Waals surface area contributed by atoms with Gasteiger partial charge in [-0.3, -0.25) is 9.69 Å². The number of nitrogens with zero attached hydrogens (tertiary/aromatic N) is 2. The minimum atomic E-state index is 0.235. The molecule has 0 radical (unpaired) electrons. The van der Waals surface area contributed by atoms with Gasteiger partial charge in [-0.1, -0.05) is 48.5 Å². The summed E-state index contributed by atoms with van der Waals surface area (Å²) < 4.78 is 0. The van der Waals surface area contributed by atoms with Crippen LogP contribution in [0.3, 0.4) is 0 Å². The van der Waals surface area contributed by atoms with Gasteiger partial charge in [0.15, 0.2) is 0 Å². The zero-order chi connectivity index (χ0) is 17.9. The highest BCUT2D eigenvalue weighted by Crippen LogP contribution is 2.23. The number of benzene rings is 2. The van der Waals surface area contributed by atoms with E-state index in [4.69, 9.17) is 0 Å². The maximum absolute atomic E-state index is 12.5. The van der Waals surface area contributed by atoms with Gasteiger partial charge in [0.25, 0.3) is 0 Å². The van der Waals surface area contributed by atoms with Crippen molar-refractivity contribution in [3.05, 3.63) is 71.4 Å². The fourth-order valence-electron chi connectivity index (χ4n) is 3.80. The third-order valence-electron chi connectivity index (χ3n) is 5.33. The van der Waals surface area contributed by atoms with Gasteiger partial charge in [-0.25, -0.2) is 0 Å². The Labute approximate surface area is 154 Å². The number of aromatic amines is 1. The average molecular weight is 347 g/mol. The molecule has 0 aliphatic carbocycles. The van der Waals surface area contributed by atoms with Crippen LogP contribution in [0, 0.1) is 6.92 Å². The topological polar surface area (TPSA) is 39.3 Å². The number of nitrogens with one attached hydrogen (secondary N) is 1. The quantitative estimate of drug-likeness (QED) is 0.786. The normalized spacial score (nSPS) is 15.5. The molecule has 1 fully saturated rings. The van der Waals surface area contributed by atoms with Crippen molar-refractivity contribution >= 4 is 16.8 Å². The van der Waals surface area contributed by atoms with Crippen LogP contribution in [0.4, 0.5) is 0 Å². The summed E-state index contributed by atoms with van der Waals surface area (Å²) in [5, 5.41) is 1.31. The molecule has 1 aromatic heterocycles. The van der Waals surface area contributed by atoms with E-state index in [1.165, 1.54) is 22.2 Å². The maximum atomic E-state index is 12.5. The lowest BCUT2D eigenvalue weighted by atomic mass is 10.1. The standard InChI is InChI=1S/C22H25N3O/c1-17-20(19-9-5-6-10-21(19)23-17)16-24-11-13-25(14-12-24)22(26)15-18-7-3-2-4-8-18/h2-10,23H,11-16H2,1H3. The summed E-state index contributed by atoms with van der Waals surface area (Å²) in [7, 11) is 0. The number of H-pyrrole nitrogens is 1. The van der Waals surface area contributed by atoms with E-state index in [0.29, 0.717) is 6.42 Å². The highest BCUT2D eigenvalue weighted by atomic mass is 16.2. The average Bonchev–Trinajstić information content (AvgIpc) is 2.98. The first-order chi connectivity index (χ1) is 12.7. The number of para-hydroxylation sites is 1. The first kappa shape index (κ1) is 16.9. The lowest BCUT2D eigenvalue weighted by molar-refractivity contribution is -0.132. The van der Waals surface area contributed by atoms with Gasteiger partial charge >= 0.3 is 0 Å². The van der Waals surface area contributed by atoms with Crippen LogP contribution in [0.2, 0.25) is 0 Å². The Morgan fingerprint density at radius 3 is 2.42 bits per heavy atom. The van der Waals surface area contributed by atoms with Crippen molar-refractivity contribution in [1.29, 1.82) is 0 Å². The number of hydrogen-bond donors (Lipinski definition) is 1. The number of amides is 1. The summed E-state index contributed by atoms with van der Waals surface area (Å²) in [6.07, 6.45) is 0.502. The number of carbonyl (C=O) groups excluding carboxylic acids is 1. The van der Waals surface area contributed by atoms with Crippen molar-refractivity contribution in [3.8, 4) is 0 Å². The molecule has 1 aliphatic heterocycles. The fraction of sp³-hybridized carbons (Fsp3) is 0.318. The third-order valence-corrected chi connectivity index (χ3v) is 5.33. The summed E-state index contributed by atoms with van der Waals surface area (Å²) in [5.41, 5.74) is 4.92. The lowest BCUT2D eigenvalue weighted by Gasteiger charge is -2.35. The Morgan fingerprint density at radius 1 is 0.962 bits per heavy atom. The molecule has 0 unspecified atom stereocenters. The first-order valence-corrected chi connectivity index (χ1v) is 9.31. The SMILES string of the molecule is Cc1[nH]c2ccccc2c1CN1CCN(C(=O)Cc2ccccc2)CC1. The van der Waals surface area contributed by atoms with E-state index in [-0.39, 0.29) is 5.91 Å². The zero-order valence-electron chi connectivity index (χ0n) is 15.2. The molecule has 134 valence electrons. The molecule has 0 atom stereocenters. The smallest absolute Gasteiger partial charge is 0.227 e. The van der Waals surface area contributed by atoms with Crippen molar-refractivity contribution in [1.82, 2.24) is 14.8 Å². The molecule has 4 rings (SSSR count). The van der Waals surface area contributed by atoms with Crippen LogP contribution in [-0.4, -0.2) is 46.9 Å². The second kappa shape index (κ2) is 7.34. The van der Waals surface area contributed by atoms with Crippen molar-refractivity contribution in [3.63, 3.8) is 0 Å². The summed E-state index contributed by atoms with van der Waals surface area (Å²) >= 11 is 0. The van der Waals surface area contributed by atoms with Crippen molar-refractivity contribution in [2.45, 2.75) is 19.9 Å². The first-order valence-electron chi connectivity index (χ1n) is 9.31. The van der Waals surface area contributed by atoms with E-state index in [9.17, 15) is 4.79 Å². The Balaban J connectivity index is 1.36. The highest BCUT2D eigenvalue weighted by molar-refractivity contribution is 5.84. The van der Waals surface area contributed by atoms with Crippen LogP contribution in [0.25, 0.3) is 10.9 Å². The Morgan fingerprint density at radius 2 is 1.65 bits per heavy atom. The molecule has 26 heavy (non-hydrogen) atoms. The molecule has 4 nitrogen and oxygen atoms in total. The summed E-state index contributed by atoms with van der Waals surface area (Å²) in [6, 6.07) is 18.5. The van der Waals surface area contributed by atoms with Crippen LogP contribution >= 0.6 is 0 Å². The number of aryl methyl sites for hydroxylation is 1. The van der Waals surface area contributed by atoms with E-state index < -0.39 is 0 Å². The van der Waals surface area contributed by atoms with E-state index in [1.54, 1.807) is 0 Å². The Hall–Kier alpha value is -2.59. The predicted molar refractivity (Wildman–Crippen MR) is 105 cm³/mol. The molecule has 2 aromatic carbocycles. The maximum Gasteiger partial charge on any atom is 0.227 e. The van der Waals surface area contributed by atoms with E-state index in [2.05, 4.69) is 41.1 Å². The van der Waals surface area contributed by atoms with Gasteiger partial charge in [0.05, 0.1) is 6.42 Å². The van der Waals surface area contributed by atoms with Gasteiger partial charge in [-0.2, -0.15) is 0 Å². The minimum absolute atomic E-state index is 0.235. The lowest BCUT2D eigenvalue weighted by Crippen LogP contribution is -2.48. The fourth-order valence-corrected chi connectivity index (χ4v) is 3.80. The van der Waals surface area contributed by atoms with Crippen molar-refractivity contribution < 1.29 is 4.79 Å². The Kier molecular flexibility index (Phi) is 4.76. The summed E-state index contributed by atoms with van der Waals surface area (Å²) in [6.45, 7) is 6.57. The van der Waals surface area contributed by atoms with Crippen LogP contribution in [0.5, 0.6) is 0 Å². The summed E-state index contributed by atoms with van der Waals surface area (Å²) in [5.74, 6) is 0.235. The minimum Gasteiger partial charge on any atom is -0.358 e. The second-order valence-corrected chi connectivity index (χ2v) is 7.09. The van der Waals surface area contributed by atoms with Crippen molar-refractivity contribution in [2.24, 2.45) is 0 Å². The molecular formula is C22H25N3O. The molecule has 1 amide bonds. The van der Waals surface area contributed by atoms with Gasteiger partial charge in [0, 0.05) is 49.3 Å². The third kappa shape index (κ3) is 3.51. The predicted octanol–water partition coefficient (Wildman–Crippen LogP) is 3.36. The van der Waals surface area contributed by atoms with Gasteiger partial charge in [0.1, 0.15) is 0 Å². The number of rotatable bonds is 4. The number of aromatic nitrogens is 1. The van der Waals surface area contributed by atoms with Crippen LogP contribution < -0.4 is 0 Å². The van der Waals surface area contributed by atoms with Crippen LogP contribution in [-0.2, 0) is 17.8 Å². The van der Waals surface area contributed by atoms with E-state index in [1.807, 2.05) is 35.2 Å². The number of hydrogen-bond acceptors (Lipinski definition) is 2. The van der Waals surface area contributed by atoms with Gasteiger partial charge in [-0.05, 0) is 24.1 Å². The monoisotopic (exact) mass is 347 g/mol. The van der Waals surface area contributed by atoms with Gasteiger partial charge < -0.3 is 9.88 Å². The van der Waals surface area contributed by atoms with Crippen LogP contribution in [0.15, 0.2) is 54.6 Å². The number of fused-ring (bicyclic) bond motifs is 1. The van der Waals surface area contributed by atoms with Gasteiger partial charge in [0.2, 0.25) is 5.91 Å². The molecule has 3 aromatic rings. The molecule has 2 heterocycles. The molecule has 0 spiro atoms. The molecule has 0 saturated carbocycles. The molecule has 1 saturated heterocycles. The summed E-state index contributed by atoms with van der Waals surface area (Å²) in [4.78, 5) is 20.5. The van der Waals surface area contributed by atoms with E-state index >= 15 is 0 Å². The van der Waals surface area contributed by atoms with E-state index in [0.717, 1.165) is 38.3 Å². The van der Waals surface area contributed by atoms with Crippen molar-refractivity contribution in [2.75, 3.05) is 26.2 Å². The molecular weight excluding hydrogens is 322 g/mol. The second-order valence-electron chi connectivity index (χ2n) is 7.09. The molecule has 4 heteroatoms. The zero-order valence-corrected chi connectivity index (χ0v) is 15.2. The molecule has 1 aliphatic rings. The highest BCUT2D eigenvalue weighted by Gasteiger charge is 2.22. The molecule has 0 bridgehead atoms. The number of piperazine rings is 1. The van der Waals surface area contributed by atoms with Gasteiger partial charge in [-0.15, -0.1) is 0 Å². The Bertz CT molecular complexity index is 892. The number of carbonyl (C=O) groups is 1. The largest absolute Gasteiger partial charge is 0.358 e.